The van der Waals surface area contributed by atoms with Crippen LogP contribution in [0.15, 0.2) is 58.8 Å². The van der Waals surface area contributed by atoms with Gasteiger partial charge in [-0.2, -0.15) is 0 Å². The third kappa shape index (κ3) is 3.36. The first-order valence-corrected chi connectivity index (χ1v) is 10.8. The number of thiophene rings is 1. The summed E-state index contributed by atoms with van der Waals surface area (Å²) in [5, 5.41) is 1.70. The van der Waals surface area contributed by atoms with Crippen molar-refractivity contribution in [3.63, 3.8) is 0 Å². The van der Waals surface area contributed by atoms with Gasteiger partial charge in [-0.25, -0.2) is 8.42 Å². The molecule has 0 saturated heterocycles. The van der Waals surface area contributed by atoms with E-state index in [2.05, 4.69) is 4.72 Å². The Bertz CT molecular complexity index is 1130. The van der Waals surface area contributed by atoms with E-state index in [1.807, 2.05) is 24.3 Å². The van der Waals surface area contributed by atoms with E-state index in [4.69, 9.17) is 4.74 Å². The molecule has 4 rings (SSSR count). The second-order valence-electron chi connectivity index (χ2n) is 6.24. The van der Waals surface area contributed by atoms with Crippen LogP contribution in [0.5, 0.6) is 5.75 Å². The van der Waals surface area contributed by atoms with Gasteiger partial charge in [-0.1, -0.05) is 24.3 Å². The number of carbonyl (C=O) groups is 1. The van der Waals surface area contributed by atoms with E-state index in [1.165, 1.54) is 18.3 Å². The summed E-state index contributed by atoms with van der Waals surface area (Å²) in [6.07, 6.45) is 0.813. The van der Waals surface area contributed by atoms with Crippen molar-refractivity contribution < 1.29 is 17.9 Å². The van der Waals surface area contributed by atoms with Crippen LogP contribution in [0.2, 0.25) is 0 Å². The first-order valence-electron chi connectivity index (χ1n) is 8.42. The fraction of sp³-hybridized carbons (Fsp3) is 0.150. The van der Waals surface area contributed by atoms with Crippen LogP contribution in [-0.4, -0.2) is 20.8 Å². The van der Waals surface area contributed by atoms with Gasteiger partial charge in [0, 0.05) is 18.9 Å². The summed E-state index contributed by atoms with van der Waals surface area (Å²) in [4.78, 5) is 12.3. The summed E-state index contributed by atoms with van der Waals surface area (Å²) < 4.78 is 34.2. The maximum Gasteiger partial charge on any atom is 0.262 e. The molecule has 1 aliphatic heterocycles. The third-order valence-corrected chi connectivity index (χ3v) is 6.85. The highest BCUT2D eigenvalue weighted by molar-refractivity contribution is 7.92. The van der Waals surface area contributed by atoms with E-state index in [0.717, 1.165) is 23.3 Å². The Hall–Kier alpha value is -2.64. The van der Waals surface area contributed by atoms with Crippen molar-refractivity contribution >= 4 is 32.8 Å². The van der Waals surface area contributed by atoms with Crippen molar-refractivity contribution in [2.45, 2.75) is 18.2 Å². The molecule has 5 nitrogen and oxygen atoms in total. The van der Waals surface area contributed by atoms with Gasteiger partial charge in [-0.3, -0.25) is 9.52 Å². The zero-order valence-electron chi connectivity index (χ0n) is 14.6. The topological polar surface area (TPSA) is 72.5 Å². The zero-order chi connectivity index (χ0) is 19.0. The van der Waals surface area contributed by atoms with Gasteiger partial charge in [0.15, 0.2) is 5.78 Å². The monoisotopic (exact) mass is 399 g/mol. The van der Waals surface area contributed by atoms with Crippen molar-refractivity contribution in [2.24, 2.45) is 0 Å². The summed E-state index contributed by atoms with van der Waals surface area (Å²) in [5.41, 5.74) is 2.81. The number of hydrogen-bond acceptors (Lipinski definition) is 5. The molecule has 27 heavy (non-hydrogen) atoms. The van der Waals surface area contributed by atoms with Gasteiger partial charge >= 0.3 is 0 Å². The molecule has 0 aliphatic carbocycles. The number of fused-ring (bicyclic) bond motifs is 1. The fourth-order valence-electron chi connectivity index (χ4n) is 3.16. The number of ether oxygens (including phenoxy) is 1. The maximum atomic E-state index is 13.1. The molecule has 2 aromatic carbocycles. The molecule has 0 spiro atoms. The highest BCUT2D eigenvalue weighted by Crippen LogP contribution is 2.34. The first kappa shape index (κ1) is 17.8. The lowest BCUT2D eigenvalue weighted by Crippen LogP contribution is -2.15. The van der Waals surface area contributed by atoms with Gasteiger partial charge in [-0.15, -0.1) is 11.3 Å². The van der Waals surface area contributed by atoms with Crippen LogP contribution in [-0.2, 0) is 16.4 Å². The van der Waals surface area contributed by atoms with Crippen molar-refractivity contribution in [3.05, 3.63) is 64.4 Å². The molecule has 0 radical (unpaired) electrons. The van der Waals surface area contributed by atoms with Gasteiger partial charge < -0.3 is 4.74 Å². The van der Waals surface area contributed by atoms with Crippen LogP contribution in [0.1, 0.15) is 22.2 Å². The molecule has 1 aliphatic rings. The van der Waals surface area contributed by atoms with Crippen LogP contribution in [0.25, 0.3) is 11.1 Å². The largest absolute Gasteiger partial charge is 0.493 e. The average molecular weight is 399 g/mol. The Morgan fingerprint density at radius 1 is 1.15 bits per heavy atom. The van der Waals surface area contributed by atoms with E-state index in [0.29, 0.717) is 22.7 Å². The standard InChI is InChI=1S/C20H17NO4S2/c1-13(22)20-17(9-11-26-20)21-27(23,24)19-5-3-2-4-16(19)14-6-7-18-15(12-14)8-10-25-18/h2-7,9,11-12,21H,8,10H2,1H3. The molecule has 0 fully saturated rings. The van der Waals surface area contributed by atoms with Crippen LogP contribution >= 0.6 is 11.3 Å². The predicted octanol–water partition coefficient (Wildman–Crippen LogP) is 4.35. The van der Waals surface area contributed by atoms with E-state index >= 15 is 0 Å². The number of rotatable bonds is 5. The Morgan fingerprint density at radius 2 is 1.96 bits per heavy atom. The third-order valence-electron chi connectivity index (χ3n) is 4.41. The highest BCUT2D eigenvalue weighted by Gasteiger charge is 2.23. The fourth-order valence-corrected chi connectivity index (χ4v) is 5.28. The minimum Gasteiger partial charge on any atom is -0.493 e. The van der Waals surface area contributed by atoms with Gasteiger partial charge in [0.05, 0.1) is 22.1 Å². The number of hydrogen-bond donors (Lipinski definition) is 1. The lowest BCUT2D eigenvalue weighted by molar-refractivity contribution is 0.102. The van der Waals surface area contributed by atoms with Gasteiger partial charge in [0.2, 0.25) is 0 Å². The molecule has 138 valence electrons. The number of sulfonamides is 1. The molecule has 0 amide bonds. The van der Waals surface area contributed by atoms with E-state index in [9.17, 15) is 13.2 Å². The second kappa shape index (κ2) is 6.83. The number of carbonyl (C=O) groups excluding carboxylic acids is 1. The minimum absolute atomic E-state index is 0.171. The smallest absolute Gasteiger partial charge is 0.262 e. The zero-order valence-corrected chi connectivity index (χ0v) is 16.2. The molecule has 2 heterocycles. The molecule has 0 atom stereocenters. The predicted molar refractivity (Wildman–Crippen MR) is 106 cm³/mol. The minimum atomic E-state index is -3.86. The average Bonchev–Trinajstić information content (AvgIpc) is 3.29. The van der Waals surface area contributed by atoms with Crippen molar-refractivity contribution in [1.82, 2.24) is 0 Å². The Kier molecular flexibility index (Phi) is 4.49. The molecular formula is C20H17NO4S2. The Labute approximate surface area is 161 Å². The van der Waals surface area contributed by atoms with Gasteiger partial charge in [-0.05, 0) is 40.8 Å². The van der Waals surface area contributed by atoms with Gasteiger partial charge in [0.1, 0.15) is 5.75 Å². The number of nitrogens with one attached hydrogen (secondary N) is 1. The lowest BCUT2D eigenvalue weighted by Gasteiger charge is -2.13. The maximum absolute atomic E-state index is 13.1. The van der Waals surface area contributed by atoms with E-state index in [-0.39, 0.29) is 10.7 Å². The quantitative estimate of drug-likeness (QED) is 0.647. The van der Waals surface area contributed by atoms with E-state index in [1.54, 1.807) is 29.6 Å². The number of benzene rings is 2. The number of anilines is 1. The summed E-state index contributed by atoms with van der Waals surface area (Å²) in [5.74, 6) is 0.677. The first-order chi connectivity index (χ1) is 13.0. The highest BCUT2D eigenvalue weighted by atomic mass is 32.2. The molecular weight excluding hydrogens is 382 g/mol. The second-order valence-corrected chi connectivity index (χ2v) is 8.81. The summed E-state index contributed by atoms with van der Waals surface area (Å²) in [6.45, 7) is 2.07. The summed E-state index contributed by atoms with van der Waals surface area (Å²) in [7, 11) is -3.86. The SMILES string of the molecule is CC(=O)c1sccc1NS(=O)(=O)c1ccccc1-c1ccc2c(c1)CCO2. The van der Waals surface area contributed by atoms with Crippen molar-refractivity contribution in [3.8, 4) is 16.9 Å². The summed E-state index contributed by atoms with van der Waals surface area (Å²) >= 11 is 1.22. The molecule has 0 unspecified atom stereocenters. The number of ketones is 1. The van der Waals surface area contributed by atoms with Crippen LogP contribution in [0.4, 0.5) is 5.69 Å². The lowest BCUT2D eigenvalue weighted by atomic mass is 10.0. The van der Waals surface area contributed by atoms with Crippen molar-refractivity contribution in [1.29, 1.82) is 0 Å². The van der Waals surface area contributed by atoms with Crippen LogP contribution < -0.4 is 9.46 Å². The van der Waals surface area contributed by atoms with Gasteiger partial charge in [0.25, 0.3) is 10.0 Å². The van der Waals surface area contributed by atoms with Crippen LogP contribution in [0.3, 0.4) is 0 Å². The summed E-state index contributed by atoms with van der Waals surface area (Å²) in [6, 6.07) is 14.2. The molecule has 3 aromatic rings. The van der Waals surface area contributed by atoms with E-state index < -0.39 is 10.0 Å². The molecule has 1 N–H and O–H groups in total. The molecule has 0 saturated carbocycles. The van der Waals surface area contributed by atoms with Crippen molar-refractivity contribution in [2.75, 3.05) is 11.3 Å². The Morgan fingerprint density at radius 3 is 2.78 bits per heavy atom. The molecule has 1 aromatic heterocycles. The number of Topliss-reactive ketones (excluding diaryl/α,β-unsaturated/α-hetero) is 1. The Balaban J connectivity index is 1.76. The molecule has 0 bridgehead atoms. The normalized spacial score (nSPS) is 13.1. The molecule has 7 heteroatoms. The van der Waals surface area contributed by atoms with Crippen LogP contribution in [0, 0.1) is 0 Å².